The molecule has 0 fully saturated rings. The molecule has 1 aliphatic rings. The first-order valence-corrected chi connectivity index (χ1v) is 11.9. The van der Waals surface area contributed by atoms with Crippen molar-refractivity contribution in [2.75, 3.05) is 5.32 Å². The summed E-state index contributed by atoms with van der Waals surface area (Å²) in [5, 5.41) is 6.56. The number of esters is 1. The average Bonchev–Trinajstić information content (AvgIpc) is 3.24. The van der Waals surface area contributed by atoms with Crippen LogP contribution in [0.15, 0.2) is 54.2 Å². The average molecular weight is 444 g/mol. The summed E-state index contributed by atoms with van der Waals surface area (Å²) in [6.45, 7) is 3.69. The third-order valence-electron chi connectivity index (χ3n) is 5.73. The first-order chi connectivity index (χ1) is 15.6. The normalized spacial score (nSPS) is 13.2. The van der Waals surface area contributed by atoms with Gasteiger partial charge in [0.15, 0.2) is 0 Å². The van der Waals surface area contributed by atoms with Crippen molar-refractivity contribution in [2.24, 2.45) is 0 Å². The van der Waals surface area contributed by atoms with Gasteiger partial charge in [0.2, 0.25) is 0 Å². The van der Waals surface area contributed by atoms with Gasteiger partial charge in [-0.2, -0.15) is 0 Å². The van der Waals surface area contributed by atoms with Crippen LogP contribution in [-0.2, 0) is 17.6 Å². The fourth-order valence-electron chi connectivity index (χ4n) is 4.23. The van der Waals surface area contributed by atoms with E-state index < -0.39 is 0 Å². The number of benzene rings is 2. The Morgan fingerprint density at radius 2 is 1.91 bits per heavy atom. The molecular weight excluding hydrogens is 418 g/mol. The highest BCUT2D eigenvalue weighted by Crippen LogP contribution is 2.38. The summed E-state index contributed by atoms with van der Waals surface area (Å²) in [6, 6.07) is 14.1. The standard InChI is InChI=1S/C26H25N3O2S/c1-16(2)31-26(30)20-8-5-9-21(13-20)29-24-23-22(14-32-25(23)28-15-27-24)19-11-10-17-6-3-4-7-18(17)12-19/h5,8-16H,3-4,6-7H2,1-2H3,(H,27,28,29). The molecule has 4 aromatic rings. The molecule has 0 spiro atoms. The molecule has 0 saturated heterocycles. The number of anilines is 2. The topological polar surface area (TPSA) is 64.1 Å². The number of nitrogens with zero attached hydrogens (tertiary/aromatic N) is 2. The van der Waals surface area contributed by atoms with E-state index >= 15 is 0 Å². The summed E-state index contributed by atoms with van der Waals surface area (Å²) < 4.78 is 5.33. The number of nitrogens with one attached hydrogen (secondary N) is 1. The largest absolute Gasteiger partial charge is 0.459 e. The third kappa shape index (κ3) is 4.10. The maximum Gasteiger partial charge on any atom is 0.338 e. The van der Waals surface area contributed by atoms with Crippen LogP contribution in [0.2, 0.25) is 0 Å². The molecule has 0 saturated carbocycles. The van der Waals surface area contributed by atoms with Gasteiger partial charge in [-0.3, -0.25) is 0 Å². The van der Waals surface area contributed by atoms with E-state index in [-0.39, 0.29) is 12.1 Å². The minimum atomic E-state index is -0.332. The lowest BCUT2D eigenvalue weighted by atomic mass is 9.89. The predicted octanol–water partition coefficient (Wildman–Crippen LogP) is 6.55. The Morgan fingerprint density at radius 3 is 2.75 bits per heavy atom. The van der Waals surface area contributed by atoms with Crippen LogP contribution >= 0.6 is 11.3 Å². The van der Waals surface area contributed by atoms with Crippen molar-refractivity contribution in [1.82, 2.24) is 9.97 Å². The van der Waals surface area contributed by atoms with Crippen LogP contribution < -0.4 is 5.32 Å². The Balaban J connectivity index is 1.51. The SMILES string of the molecule is CC(C)OC(=O)c1cccc(Nc2ncnc3scc(-c4ccc5c(c4)CCCC5)c23)c1. The second-order valence-electron chi connectivity index (χ2n) is 8.40. The highest BCUT2D eigenvalue weighted by Gasteiger charge is 2.17. The second kappa shape index (κ2) is 8.71. The smallest absolute Gasteiger partial charge is 0.338 e. The van der Waals surface area contributed by atoms with Gasteiger partial charge in [-0.05, 0) is 74.4 Å². The monoisotopic (exact) mass is 443 g/mol. The van der Waals surface area contributed by atoms with Crippen molar-refractivity contribution in [3.8, 4) is 11.1 Å². The van der Waals surface area contributed by atoms with Crippen LogP contribution in [-0.4, -0.2) is 22.0 Å². The van der Waals surface area contributed by atoms with Crippen molar-refractivity contribution in [2.45, 2.75) is 45.6 Å². The summed E-state index contributed by atoms with van der Waals surface area (Å²) in [5.74, 6) is 0.403. The van der Waals surface area contributed by atoms with E-state index in [9.17, 15) is 4.79 Å². The number of fused-ring (bicyclic) bond motifs is 2. The molecule has 1 N–H and O–H groups in total. The maximum atomic E-state index is 12.3. The molecule has 0 unspecified atom stereocenters. The summed E-state index contributed by atoms with van der Waals surface area (Å²) in [7, 11) is 0. The van der Waals surface area contributed by atoms with E-state index in [4.69, 9.17) is 4.74 Å². The van der Waals surface area contributed by atoms with Crippen LogP contribution in [0.1, 0.15) is 48.2 Å². The molecule has 0 amide bonds. The molecule has 0 atom stereocenters. The number of rotatable bonds is 5. The number of hydrogen-bond donors (Lipinski definition) is 1. The summed E-state index contributed by atoms with van der Waals surface area (Å²) in [6.07, 6.45) is 6.27. The first-order valence-electron chi connectivity index (χ1n) is 11.0. The van der Waals surface area contributed by atoms with Gasteiger partial charge < -0.3 is 10.1 Å². The fraction of sp³-hybridized carbons (Fsp3) is 0.269. The molecule has 5 rings (SSSR count). The molecule has 5 nitrogen and oxygen atoms in total. The fourth-order valence-corrected chi connectivity index (χ4v) is 5.14. The lowest BCUT2D eigenvalue weighted by molar-refractivity contribution is 0.0378. The van der Waals surface area contributed by atoms with Gasteiger partial charge in [0.05, 0.1) is 17.1 Å². The van der Waals surface area contributed by atoms with E-state index in [0.717, 1.165) is 33.7 Å². The van der Waals surface area contributed by atoms with Crippen molar-refractivity contribution >= 4 is 39.0 Å². The Bertz CT molecular complexity index is 1300. The minimum absolute atomic E-state index is 0.161. The number of hydrogen-bond acceptors (Lipinski definition) is 6. The molecule has 1 aliphatic carbocycles. The van der Waals surface area contributed by atoms with Crippen LogP contribution in [0.4, 0.5) is 11.5 Å². The maximum absolute atomic E-state index is 12.3. The van der Waals surface area contributed by atoms with E-state index in [1.54, 1.807) is 29.8 Å². The molecule has 32 heavy (non-hydrogen) atoms. The molecule has 0 bridgehead atoms. The highest BCUT2D eigenvalue weighted by atomic mass is 32.1. The molecule has 2 heterocycles. The van der Waals surface area contributed by atoms with Crippen molar-refractivity contribution in [3.05, 3.63) is 70.9 Å². The molecular formula is C26H25N3O2S. The lowest BCUT2D eigenvalue weighted by Crippen LogP contribution is -2.11. The van der Waals surface area contributed by atoms with Crippen LogP contribution in [0.3, 0.4) is 0 Å². The van der Waals surface area contributed by atoms with Crippen LogP contribution in [0.5, 0.6) is 0 Å². The quantitative estimate of drug-likeness (QED) is 0.355. The van der Waals surface area contributed by atoms with Gasteiger partial charge in [0.1, 0.15) is 17.0 Å². The van der Waals surface area contributed by atoms with Gasteiger partial charge >= 0.3 is 5.97 Å². The molecule has 0 aliphatic heterocycles. The molecule has 0 radical (unpaired) electrons. The van der Waals surface area contributed by atoms with Crippen molar-refractivity contribution < 1.29 is 9.53 Å². The van der Waals surface area contributed by atoms with Gasteiger partial charge in [-0.15, -0.1) is 11.3 Å². The summed E-state index contributed by atoms with van der Waals surface area (Å²) >= 11 is 1.62. The number of aromatic nitrogens is 2. The Morgan fingerprint density at radius 1 is 1.06 bits per heavy atom. The Kier molecular flexibility index (Phi) is 5.62. The van der Waals surface area contributed by atoms with Crippen molar-refractivity contribution in [1.29, 1.82) is 0 Å². The van der Waals surface area contributed by atoms with Gasteiger partial charge in [0, 0.05) is 16.6 Å². The molecule has 2 aromatic heterocycles. The summed E-state index contributed by atoms with van der Waals surface area (Å²) in [5.41, 5.74) is 6.55. The predicted molar refractivity (Wildman–Crippen MR) is 130 cm³/mol. The van der Waals surface area contributed by atoms with Crippen LogP contribution in [0, 0.1) is 0 Å². The zero-order chi connectivity index (χ0) is 22.1. The van der Waals surface area contributed by atoms with E-state index in [1.807, 2.05) is 26.0 Å². The van der Waals surface area contributed by atoms with E-state index in [1.165, 1.54) is 36.0 Å². The number of carbonyl (C=O) groups is 1. The van der Waals surface area contributed by atoms with E-state index in [2.05, 4.69) is 38.9 Å². The second-order valence-corrected chi connectivity index (χ2v) is 9.26. The lowest BCUT2D eigenvalue weighted by Gasteiger charge is -2.16. The Labute approximate surface area is 191 Å². The van der Waals surface area contributed by atoms with Crippen molar-refractivity contribution in [3.63, 3.8) is 0 Å². The zero-order valence-corrected chi connectivity index (χ0v) is 19.0. The number of thiophene rings is 1. The van der Waals surface area contributed by atoms with Gasteiger partial charge in [-0.25, -0.2) is 14.8 Å². The van der Waals surface area contributed by atoms with Gasteiger partial charge in [-0.1, -0.05) is 24.3 Å². The van der Waals surface area contributed by atoms with E-state index in [0.29, 0.717) is 5.56 Å². The minimum Gasteiger partial charge on any atom is -0.459 e. The zero-order valence-electron chi connectivity index (χ0n) is 18.2. The van der Waals surface area contributed by atoms with Gasteiger partial charge in [0.25, 0.3) is 0 Å². The molecule has 2 aromatic carbocycles. The highest BCUT2D eigenvalue weighted by molar-refractivity contribution is 7.17. The number of ether oxygens (including phenoxy) is 1. The summed E-state index contributed by atoms with van der Waals surface area (Å²) in [4.78, 5) is 22.3. The third-order valence-corrected chi connectivity index (χ3v) is 6.62. The molecule has 6 heteroatoms. The number of carbonyl (C=O) groups excluding carboxylic acids is 1. The first kappa shape index (κ1) is 20.6. The van der Waals surface area contributed by atoms with Crippen LogP contribution in [0.25, 0.3) is 21.3 Å². The number of aryl methyl sites for hydroxylation is 2. The Hall–Kier alpha value is -3.25. The molecule has 162 valence electrons.